The van der Waals surface area contributed by atoms with Gasteiger partial charge >= 0.3 is 6.03 Å². The van der Waals surface area contributed by atoms with Crippen LogP contribution in [0.4, 0.5) is 19.3 Å². The van der Waals surface area contributed by atoms with Crippen LogP contribution in [0.3, 0.4) is 0 Å². The molecule has 2 amide bonds. The predicted octanol–water partition coefficient (Wildman–Crippen LogP) is 3.92. The van der Waals surface area contributed by atoms with Crippen molar-refractivity contribution in [3.63, 3.8) is 0 Å². The third kappa shape index (κ3) is 3.30. The maximum Gasteiger partial charge on any atom is 0.319 e. The molecule has 0 spiro atoms. The Labute approximate surface area is 159 Å². The minimum atomic E-state index is -1.05. The molecule has 9 heteroatoms. The number of urea groups is 1. The number of carbonyl (C=O) groups is 1. The highest BCUT2D eigenvalue weighted by atomic mass is 19.1. The highest BCUT2D eigenvalue weighted by Gasteiger charge is 2.44. The van der Waals surface area contributed by atoms with Gasteiger partial charge in [-0.3, -0.25) is 0 Å². The smallest absolute Gasteiger partial charge is 0.319 e. The number of pyridine rings is 1. The van der Waals surface area contributed by atoms with Crippen LogP contribution in [0.2, 0.25) is 0 Å². The minimum Gasteiger partial charge on any atom is -0.332 e. The number of benzene rings is 1. The molecule has 2 aromatic heterocycles. The number of rotatable bonds is 4. The van der Waals surface area contributed by atoms with Gasteiger partial charge in [0.15, 0.2) is 5.82 Å². The Kier molecular flexibility index (Phi) is 4.50. The highest BCUT2D eigenvalue weighted by Crippen LogP contribution is 2.43. The fraction of sp³-hybridized carbons (Fsp3) is 0.263. The van der Waals surface area contributed by atoms with E-state index in [9.17, 15) is 13.6 Å². The average molecular weight is 385 g/mol. The highest BCUT2D eigenvalue weighted by molar-refractivity contribution is 5.90. The van der Waals surface area contributed by atoms with Crippen molar-refractivity contribution < 1.29 is 18.1 Å². The van der Waals surface area contributed by atoms with E-state index in [-0.39, 0.29) is 11.5 Å². The molecule has 0 unspecified atom stereocenters. The number of hydrogen-bond donors (Lipinski definition) is 2. The van der Waals surface area contributed by atoms with Gasteiger partial charge in [0.05, 0.1) is 17.4 Å². The summed E-state index contributed by atoms with van der Waals surface area (Å²) in [5.41, 5.74) is -0.262. The second-order valence-corrected chi connectivity index (χ2v) is 6.69. The Morgan fingerprint density at radius 3 is 2.46 bits per heavy atom. The van der Waals surface area contributed by atoms with Gasteiger partial charge < -0.3 is 15.2 Å². The molecule has 1 aliphatic carbocycles. The fourth-order valence-corrected chi connectivity index (χ4v) is 3.30. The van der Waals surface area contributed by atoms with Crippen LogP contribution < -0.4 is 10.6 Å². The Morgan fingerprint density at radius 2 is 1.93 bits per heavy atom. The van der Waals surface area contributed by atoms with E-state index in [4.69, 9.17) is 4.52 Å². The lowest BCUT2D eigenvalue weighted by Gasteiger charge is -2.43. The third-order valence-corrected chi connectivity index (χ3v) is 4.77. The van der Waals surface area contributed by atoms with Crippen LogP contribution in [-0.2, 0) is 5.54 Å². The molecule has 0 bridgehead atoms. The maximum atomic E-state index is 14.2. The van der Waals surface area contributed by atoms with Gasteiger partial charge in [-0.05, 0) is 50.5 Å². The number of carbonyl (C=O) groups excluding carboxylic acids is 1. The van der Waals surface area contributed by atoms with Gasteiger partial charge in [0, 0.05) is 5.56 Å². The average Bonchev–Trinajstić information content (AvgIpc) is 3.06. The molecule has 28 heavy (non-hydrogen) atoms. The first-order valence-corrected chi connectivity index (χ1v) is 8.77. The summed E-state index contributed by atoms with van der Waals surface area (Å²) in [6, 6.07) is 6.38. The van der Waals surface area contributed by atoms with Crippen molar-refractivity contribution >= 4 is 11.7 Å². The minimum absolute atomic E-state index is 0.100. The van der Waals surface area contributed by atoms with E-state index >= 15 is 0 Å². The summed E-state index contributed by atoms with van der Waals surface area (Å²) < 4.78 is 33.5. The Bertz CT molecular complexity index is 995. The van der Waals surface area contributed by atoms with Crippen LogP contribution in [0.5, 0.6) is 0 Å². The van der Waals surface area contributed by atoms with Gasteiger partial charge in [0.2, 0.25) is 0 Å². The molecular weight excluding hydrogens is 368 g/mol. The van der Waals surface area contributed by atoms with E-state index in [2.05, 4.69) is 25.8 Å². The summed E-state index contributed by atoms with van der Waals surface area (Å²) in [6.45, 7) is 1.70. The van der Waals surface area contributed by atoms with E-state index in [1.54, 1.807) is 19.1 Å². The van der Waals surface area contributed by atoms with Crippen molar-refractivity contribution in [2.24, 2.45) is 0 Å². The summed E-state index contributed by atoms with van der Waals surface area (Å²) in [6.07, 6.45) is 3.14. The Morgan fingerprint density at radius 1 is 1.18 bits per heavy atom. The van der Waals surface area contributed by atoms with Crippen molar-refractivity contribution in [2.75, 3.05) is 5.32 Å². The molecular formula is C19H17F2N5O2. The van der Waals surface area contributed by atoms with Crippen LogP contribution in [-0.4, -0.2) is 21.2 Å². The molecule has 144 valence electrons. The van der Waals surface area contributed by atoms with E-state index in [1.165, 1.54) is 24.4 Å². The molecule has 2 N–H and O–H groups in total. The number of nitrogens with zero attached hydrogens (tertiary/aromatic N) is 3. The topological polar surface area (TPSA) is 92.9 Å². The first kappa shape index (κ1) is 18.0. The second-order valence-electron chi connectivity index (χ2n) is 6.69. The lowest BCUT2D eigenvalue weighted by Crippen LogP contribution is -2.53. The molecule has 0 radical (unpaired) electrons. The summed E-state index contributed by atoms with van der Waals surface area (Å²) in [4.78, 5) is 20.7. The van der Waals surface area contributed by atoms with Crippen LogP contribution in [0, 0.1) is 18.6 Å². The zero-order chi connectivity index (χ0) is 19.7. The SMILES string of the molecule is Cc1noc(-c2ccc(NC(=O)NC3(c4c(F)cccc4F)CCC3)cn2)n1. The molecule has 0 aliphatic heterocycles. The van der Waals surface area contributed by atoms with Gasteiger partial charge in [-0.25, -0.2) is 18.6 Å². The number of anilines is 1. The van der Waals surface area contributed by atoms with E-state index in [1.807, 2.05) is 0 Å². The van der Waals surface area contributed by atoms with Crippen molar-refractivity contribution in [1.82, 2.24) is 20.4 Å². The lowest BCUT2D eigenvalue weighted by atomic mass is 9.71. The number of nitrogens with one attached hydrogen (secondary N) is 2. The molecule has 1 aliphatic rings. The first-order valence-electron chi connectivity index (χ1n) is 8.77. The Balaban J connectivity index is 1.48. The zero-order valence-electron chi connectivity index (χ0n) is 15.0. The number of amides is 2. The summed E-state index contributed by atoms with van der Waals surface area (Å²) in [5, 5.41) is 9.06. The molecule has 3 aromatic rings. The van der Waals surface area contributed by atoms with Crippen LogP contribution in [0.15, 0.2) is 41.1 Å². The number of hydrogen-bond acceptors (Lipinski definition) is 5. The first-order chi connectivity index (χ1) is 13.5. The Hall–Kier alpha value is -3.36. The van der Waals surface area contributed by atoms with E-state index < -0.39 is 23.2 Å². The monoisotopic (exact) mass is 385 g/mol. The summed E-state index contributed by atoms with van der Waals surface area (Å²) >= 11 is 0. The quantitative estimate of drug-likeness (QED) is 0.710. The summed E-state index contributed by atoms with van der Waals surface area (Å²) in [7, 11) is 0. The van der Waals surface area contributed by atoms with E-state index in [0.29, 0.717) is 30.0 Å². The molecule has 0 atom stereocenters. The van der Waals surface area contributed by atoms with Crippen molar-refractivity contribution in [2.45, 2.75) is 31.7 Å². The number of halogens is 2. The van der Waals surface area contributed by atoms with Gasteiger partial charge in [-0.1, -0.05) is 11.2 Å². The standard InChI is InChI=1S/C19H17F2N5O2/c1-11-23-17(28-26-11)15-7-6-12(10-22-15)24-18(27)25-19(8-3-9-19)16-13(20)4-2-5-14(16)21/h2,4-7,10H,3,8-9H2,1H3,(H2,24,25,27). The molecule has 4 rings (SSSR count). The predicted molar refractivity (Wildman–Crippen MR) is 96.3 cm³/mol. The fourth-order valence-electron chi connectivity index (χ4n) is 3.30. The van der Waals surface area contributed by atoms with Crippen LogP contribution >= 0.6 is 0 Å². The van der Waals surface area contributed by atoms with Gasteiger partial charge in [0.1, 0.15) is 17.3 Å². The largest absolute Gasteiger partial charge is 0.332 e. The lowest BCUT2D eigenvalue weighted by molar-refractivity contribution is 0.175. The molecule has 1 aromatic carbocycles. The van der Waals surface area contributed by atoms with E-state index in [0.717, 1.165) is 6.42 Å². The van der Waals surface area contributed by atoms with Crippen molar-refractivity contribution in [3.8, 4) is 11.6 Å². The molecule has 0 saturated heterocycles. The van der Waals surface area contributed by atoms with Gasteiger partial charge in [0.25, 0.3) is 5.89 Å². The maximum absolute atomic E-state index is 14.2. The third-order valence-electron chi connectivity index (χ3n) is 4.77. The number of aromatic nitrogens is 3. The molecule has 1 saturated carbocycles. The van der Waals surface area contributed by atoms with Crippen molar-refractivity contribution in [1.29, 1.82) is 0 Å². The van der Waals surface area contributed by atoms with Crippen LogP contribution in [0.1, 0.15) is 30.7 Å². The molecule has 2 heterocycles. The van der Waals surface area contributed by atoms with Crippen LogP contribution in [0.25, 0.3) is 11.6 Å². The van der Waals surface area contributed by atoms with Gasteiger partial charge in [-0.2, -0.15) is 4.98 Å². The van der Waals surface area contributed by atoms with Gasteiger partial charge in [-0.15, -0.1) is 0 Å². The molecule has 1 fully saturated rings. The molecule has 7 nitrogen and oxygen atoms in total. The zero-order valence-corrected chi connectivity index (χ0v) is 15.0. The number of aryl methyl sites for hydroxylation is 1. The summed E-state index contributed by atoms with van der Waals surface area (Å²) in [5.74, 6) is -0.566. The normalized spacial score (nSPS) is 15.0. The second kappa shape index (κ2) is 6.99. The van der Waals surface area contributed by atoms with Crippen molar-refractivity contribution in [3.05, 3.63) is 59.6 Å².